The Balaban J connectivity index is 2.09. The highest BCUT2D eigenvalue weighted by Gasteiger charge is 2.32. The van der Waals surface area contributed by atoms with Crippen molar-refractivity contribution in [2.75, 3.05) is 13.2 Å². The molecule has 0 radical (unpaired) electrons. The molecule has 0 spiro atoms. The molecule has 2 rings (SSSR count). The van der Waals surface area contributed by atoms with Gasteiger partial charge in [-0.2, -0.15) is 0 Å². The Kier molecular flexibility index (Phi) is 4.93. The lowest BCUT2D eigenvalue weighted by Gasteiger charge is -2.23. The SMILES string of the molecule is CCOC(=O)C1CCCN1Cc1cc(Br)ccc1F. The number of hydrogen-bond donors (Lipinski definition) is 0. The summed E-state index contributed by atoms with van der Waals surface area (Å²) in [6, 6.07) is 4.63. The van der Waals surface area contributed by atoms with Crippen LogP contribution in [-0.4, -0.2) is 30.1 Å². The molecule has 1 aromatic carbocycles. The zero-order valence-corrected chi connectivity index (χ0v) is 12.5. The van der Waals surface area contributed by atoms with Crippen LogP contribution >= 0.6 is 15.9 Å². The van der Waals surface area contributed by atoms with Crippen LogP contribution < -0.4 is 0 Å². The van der Waals surface area contributed by atoms with E-state index in [4.69, 9.17) is 4.74 Å². The fourth-order valence-corrected chi connectivity index (χ4v) is 2.81. The second-order valence-electron chi connectivity index (χ2n) is 4.62. The van der Waals surface area contributed by atoms with E-state index in [2.05, 4.69) is 15.9 Å². The second-order valence-corrected chi connectivity index (χ2v) is 5.53. The van der Waals surface area contributed by atoms with Crippen molar-refractivity contribution in [2.45, 2.75) is 32.4 Å². The average molecular weight is 330 g/mol. The quantitative estimate of drug-likeness (QED) is 0.795. The molecule has 1 unspecified atom stereocenters. The summed E-state index contributed by atoms with van der Waals surface area (Å²) in [5.41, 5.74) is 0.602. The number of carbonyl (C=O) groups is 1. The van der Waals surface area contributed by atoms with E-state index in [-0.39, 0.29) is 17.8 Å². The molecule has 5 heteroatoms. The van der Waals surface area contributed by atoms with Crippen molar-refractivity contribution >= 4 is 21.9 Å². The molecule has 0 saturated carbocycles. The number of likely N-dealkylation sites (tertiary alicyclic amines) is 1. The van der Waals surface area contributed by atoms with Gasteiger partial charge in [-0.3, -0.25) is 9.69 Å². The van der Waals surface area contributed by atoms with Crippen LogP contribution in [0.25, 0.3) is 0 Å². The van der Waals surface area contributed by atoms with Crippen LogP contribution in [0.1, 0.15) is 25.3 Å². The van der Waals surface area contributed by atoms with Gasteiger partial charge in [0.15, 0.2) is 0 Å². The first-order valence-corrected chi connectivity index (χ1v) is 7.25. The highest BCUT2D eigenvalue weighted by atomic mass is 79.9. The van der Waals surface area contributed by atoms with Gasteiger partial charge in [0.1, 0.15) is 11.9 Å². The summed E-state index contributed by atoms with van der Waals surface area (Å²) in [6.45, 7) is 3.42. The van der Waals surface area contributed by atoms with Crippen LogP contribution in [0.15, 0.2) is 22.7 Å². The van der Waals surface area contributed by atoms with Crippen molar-refractivity contribution in [2.24, 2.45) is 0 Å². The van der Waals surface area contributed by atoms with Crippen LogP contribution in [0.4, 0.5) is 4.39 Å². The number of nitrogens with zero attached hydrogens (tertiary/aromatic N) is 1. The summed E-state index contributed by atoms with van der Waals surface area (Å²) in [5.74, 6) is -0.437. The molecule has 3 nitrogen and oxygen atoms in total. The Morgan fingerprint density at radius 1 is 1.58 bits per heavy atom. The predicted molar refractivity (Wildman–Crippen MR) is 74.2 cm³/mol. The lowest BCUT2D eigenvalue weighted by Crippen LogP contribution is -2.37. The van der Waals surface area contributed by atoms with E-state index in [0.717, 1.165) is 23.9 Å². The fraction of sp³-hybridized carbons (Fsp3) is 0.500. The summed E-state index contributed by atoms with van der Waals surface area (Å²) in [5, 5.41) is 0. The molecule has 0 aliphatic carbocycles. The monoisotopic (exact) mass is 329 g/mol. The van der Waals surface area contributed by atoms with Crippen LogP contribution in [-0.2, 0) is 16.1 Å². The molecule has 0 aromatic heterocycles. The third kappa shape index (κ3) is 3.54. The van der Waals surface area contributed by atoms with Crippen LogP contribution in [0, 0.1) is 5.82 Å². The van der Waals surface area contributed by atoms with Gasteiger partial charge in [0, 0.05) is 16.6 Å². The molecule has 1 atom stereocenters. The molecule has 1 saturated heterocycles. The minimum Gasteiger partial charge on any atom is -0.465 e. The van der Waals surface area contributed by atoms with Gasteiger partial charge in [0.05, 0.1) is 6.61 Å². The van der Waals surface area contributed by atoms with Crippen LogP contribution in [0.3, 0.4) is 0 Å². The molecular weight excluding hydrogens is 313 g/mol. The zero-order chi connectivity index (χ0) is 13.8. The number of rotatable bonds is 4. The third-order valence-electron chi connectivity index (χ3n) is 3.30. The Hall–Kier alpha value is -0.940. The van der Waals surface area contributed by atoms with E-state index in [1.54, 1.807) is 19.1 Å². The number of hydrogen-bond acceptors (Lipinski definition) is 3. The second kappa shape index (κ2) is 6.48. The molecule has 0 N–H and O–H groups in total. The standard InChI is InChI=1S/C14H17BrFNO2/c1-2-19-14(18)13-4-3-7-17(13)9-10-8-11(15)5-6-12(10)16/h5-6,8,13H,2-4,7,9H2,1H3. The molecule has 1 aromatic rings. The van der Waals surface area contributed by atoms with Gasteiger partial charge in [0.25, 0.3) is 0 Å². The number of ether oxygens (including phenoxy) is 1. The first-order chi connectivity index (χ1) is 9.11. The van der Waals surface area contributed by atoms with Crippen LogP contribution in [0.2, 0.25) is 0 Å². The molecule has 1 heterocycles. The van der Waals surface area contributed by atoms with Crippen molar-refractivity contribution in [1.29, 1.82) is 0 Å². The van der Waals surface area contributed by atoms with Crippen LogP contribution in [0.5, 0.6) is 0 Å². The van der Waals surface area contributed by atoms with Gasteiger partial charge in [-0.15, -0.1) is 0 Å². The van der Waals surface area contributed by atoms with Gasteiger partial charge >= 0.3 is 5.97 Å². The van der Waals surface area contributed by atoms with E-state index >= 15 is 0 Å². The van der Waals surface area contributed by atoms with Crippen molar-refractivity contribution in [3.8, 4) is 0 Å². The Bertz CT molecular complexity index is 467. The maximum absolute atomic E-state index is 13.7. The summed E-state index contributed by atoms with van der Waals surface area (Å²) in [4.78, 5) is 13.8. The molecule has 0 bridgehead atoms. The van der Waals surface area contributed by atoms with Gasteiger partial charge in [0.2, 0.25) is 0 Å². The lowest BCUT2D eigenvalue weighted by atomic mass is 10.1. The zero-order valence-electron chi connectivity index (χ0n) is 10.9. The summed E-state index contributed by atoms with van der Waals surface area (Å²) < 4.78 is 19.6. The maximum atomic E-state index is 13.7. The Morgan fingerprint density at radius 2 is 2.37 bits per heavy atom. The van der Waals surface area contributed by atoms with Crippen molar-refractivity contribution in [1.82, 2.24) is 4.90 Å². The summed E-state index contributed by atoms with van der Waals surface area (Å²) in [6.07, 6.45) is 1.73. The topological polar surface area (TPSA) is 29.5 Å². The minimum atomic E-state index is -0.238. The Labute approximate surface area is 120 Å². The predicted octanol–water partition coefficient (Wildman–Crippen LogP) is 3.12. The molecule has 1 fully saturated rings. The van der Waals surface area contributed by atoms with Gasteiger partial charge in [-0.05, 0) is 44.5 Å². The minimum absolute atomic E-state index is 0.199. The largest absolute Gasteiger partial charge is 0.465 e. The first-order valence-electron chi connectivity index (χ1n) is 6.46. The molecular formula is C14H17BrFNO2. The van der Waals surface area contributed by atoms with E-state index in [9.17, 15) is 9.18 Å². The normalized spacial score (nSPS) is 19.6. The molecule has 1 aliphatic heterocycles. The number of esters is 1. The van der Waals surface area contributed by atoms with Gasteiger partial charge < -0.3 is 4.74 Å². The first kappa shape index (κ1) is 14.5. The fourth-order valence-electron chi connectivity index (χ4n) is 2.40. The van der Waals surface area contributed by atoms with Crippen molar-refractivity contribution < 1.29 is 13.9 Å². The summed E-state index contributed by atoms with van der Waals surface area (Å²) in [7, 11) is 0. The number of halogens is 2. The van der Waals surface area contributed by atoms with E-state index in [1.165, 1.54) is 6.07 Å². The number of carbonyl (C=O) groups excluding carboxylic acids is 1. The molecule has 19 heavy (non-hydrogen) atoms. The smallest absolute Gasteiger partial charge is 0.323 e. The van der Waals surface area contributed by atoms with E-state index in [0.29, 0.717) is 18.7 Å². The molecule has 0 amide bonds. The van der Waals surface area contributed by atoms with Gasteiger partial charge in [-0.1, -0.05) is 15.9 Å². The van der Waals surface area contributed by atoms with E-state index < -0.39 is 0 Å². The van der Waals surface area contributed by atoms with Crippen molar-refractivity contribution in [3.63, 3.8) is 0 Å². The van der Waals surface area contributed by atoms with Gasteiger partial charge in [-0.25, -0.2) is 4.39 Å². The van der Waals surface area contributed by atoms with Crippen molar-refractivity contribution in [3.05, 3.63) is 34.1 Å². The van der Waals surface area contributed by atoms with E-state index in [1.807, 2.05) is 4.90 Å². The highest BCUT2D eigenvalue weighted by molar-refractivity contribution is 9.10. The highest BCUT2D eigenvalue weighted by Crippen LogP contribution is 2.24. The molecule has 104 valence electrons. The molecule has 1 aliphatic rings. The third-order valence-corrected chi connectivity index (χ3v) is 3.80. The number of benzene rings is 1. The Morgan fingerprint density at radius 3 is 3.11 bits per heavy atom. The summed E-state index contributed by atoms with van der Waals surface area (Å²) >= 11 is 3.34. The average Bonchev–Trinajstić information content (AvgIpc) is 2.82. The maximum Gasteiger partial charge on any atom is 0.323 e. The lowest BCUT2D eigenvalue weighted by molar-refractivity contribution is -0.148.